The zero-order chi connectivity index (χ0) is 18.4. The van der Waals surface area contributed by atoms with Crippen molar-refractivity contribution in [2.24, 2.45) is 5.73 Å². The van der Waals surface area contributed by atoms with E-state index in [9.17, 15) is 9.59 Å². The van der Waals surface area contributed by atoms with Gasteiger partial charge in [-0.1, -0.05) is 29.8 Å². The van der Waals surface area contributed by atoms with E-state index in [0.29, 0.717) is 23.7 Å². The molecule has 1 aromatic carbocycles. The van der Waals surface area contributed by atoms with E-state index in [1.165, 1.54) is 0 Å². The lowest BCUT2D eigenvalue weighted by Gasteiger charge is -2.24. The molecule has 0 radical (unpaired) electrons. The number of amides is 3. The highest BCUT2D eigenvalue weighted by Gasteiger charge is 2.23. The molecule has 0 aliphatic heterocycles. The number of hydrogen-bond donors (Lipinski definition) is 2. The fourth-order valence-corrected chi connectivity index (χ4v) is 4.24. The monoisotopic (exact) mass is 443 g/mol. The maximum Gasteiger partial charge on any atom is 0.312 e. The molecule has 1 unspecified atom stereocenters. The van der Waals surface area contributed by atoms with E-state index in [4.69, 9.17) is 17.3 Å². The summed E-state index contributed by atoms with van der Waals surface area (Å²) in [5, 5.41) is 3.10. The van der Waals surface area contributed by atoms with Gasteiger partial charge in [0.15, 0.2) is 0 Å². The van der Waals surface area contributed by atoms with Crippen molar-refractivity contribution in [2.45, 2.75) is 25.9 Å². The molecule has 1 aromatic heterocycles. The van der Waals surface area contributed by atoms with Crippen LogP contribution in [-0.2, 0) is 11.3 Å². The Morgan fingerprint density at radius 3 is 2.60 bits per heavy atom. The van der Waals surface area contributed by atoms with E-state index < -0.39 is 12.1 Å². The second-order valence-electron chi connectivity index (χ2n) is 5.40. The molecule has 0 saturated heterocycles. The van der Waals surface area contributed by atoms with E-state index >= 15 is 0 Å². The SMILES string of the molecule is CCN(Cc1ccc(Br)s1)C(=O)CC(NC(N)=O)c1ccccc1Cl. The first-order valence-electron chi connectivity index (χ1n) is 7.73. The molecule has 1 atom stereocenters. The number of primary amides is 1. The fourth-order valence-electron chi connectivity index (χ4n) is 2.47. The topological polar surface area (TPSA) is 75.4 Å². The average molecular weight is 445 g/mol. The van der Waals surface area contributed by atoms with Crippen LogP contribution >= 0.6 is 38.9 Å². The molecule has 0 spiro atoms. The van der Waals surface area contributed by atoms with Crippen molar-refractivity contribution >= 4 is 50.8 Å². The van der Waals surface area contributed by atoms with Gasteiger partial charge in [-0.3, -0.25) is 4.79 Å². The summed E-state index contributed by atoms with van der Waals surface area (Å²) in [6.07, 6.45) is 0.0903. The lowest BCUT2D eigenvalue weighted by atomic mass is 10.0. The smallest absolute Gasteiger partial charge is 0.312 e. The Balaban J connectivity index is 2.14. The van der Waals surface area contributed by atoms with E-state index in [-0.39, 0.29) is 12.3 Å². The van der Waals surface area contributed by atoms with Crippen LogP contribution in [-0.4, -0.2) is 23.4 Å². The Hall–Kier alpha value is -1.57. The summed E-state index contributed by atoms with van der Waals surface area (Å²) in [4.78, 5) is 26.9. The van der Waals surface area contributed by atoms with Gasteiger partial charge in [0.05, 0.1) is 22.8 Å². The van der Waals surface area contributed by atoms with Gasteiger partial charge in [0.2, 0.25) is 5.91 Å². The Kier molecular flexibility index (Phi) is 7.28. The maximum atomic E-state index is 12.7. The molecule has 2 aromatic rings. The number of halogens is 2. The zero-order valence-electron chi connectivity index (χ0n) is 13.7. The summed E-state index contributed by atoms with van der Waals surface area (Å²) >= 11 is 11.2. The summed E-state index contributed by atoms with van der Waals surface area (Å²) in [5.41, 5.74) is 5.94. The average Bonchev–Trinajstić information content (AvgIpc) is 2.97. The molecule has 25 heavy (non-hydrogen) atoms. The molecular weight excluding hydrogens is 426 g/mol. The molecule has 134 valence electrons. The molecule has 5 nitrogen and oxygen atoms in total. The lowest BCUT2D eigenvalue weighted by molar-refractivity contribution is -0.132. The van der Waals surface area contributed by atoms with Crippen LogP contribution in [0.4, 0.5) is 4.79 Å². The number of thiophene rings is 1. The van der Waals surface area contributed by atoms with Crippen molar-refractivity contribution < 1.29 is 9.59 Å². The van der Waals surface area contributed by atoms with Crippen LogP contribution in [0.1, 0.15) is 29.8 Å². The van der Waals surface area contributed by atoms with Crippen LogP contribution < -0.4 is 11.1 Å². The third-order valence-electron chi connectivity index (χ3n) is 3.69. The van der Waals surface area contributed by atoms with Crippen LogP contribution in [0.25, 0.3) is 0 Å². The lowest BCUT2D eigenvalue weighted by Crippen LogP contribution is -2.38. The second kappa shape index (κ2) is 9.22. The quantitative estimate of drug-likeness (QED) is 0.667. The zero-order valence-corrected chi connectivity index (χ0v) is 16.8. The predicted molar refractivity (Wildman–Crippen MR) is 105 cm³/mol. The molecule has 0 aliphatic rings. The molecule has 0 bridgehead atoms. The van der Waals surface area contributed by atoms with Gasteiger partial charge in [0.25, 0.3) is 0 Å². The van der Waals surface area contributed by atoms with E-state index in [1.807, 2.05) is 25.1 Å². The second-order valence-corrected chi connectivity index (χ2v) is 8.36. The van der Waals surface area contributed by atoms with Crippen molar-refractivity contribution in [3.63, 3.8) is 0 Å². The minimum Gasteiger partial charge on any atom is -0.352 e. The number of urea groups is 1. The first-order chi connectivity index (χ1) is 11.9. The number of nitrogens with two attached hydrogens (primary N) is 1. The standard InChI is InChI=1S/C17H19BrClN3O2S/c1-2-22(10-11-7-8-15(18)25-11)16(23)9-14(21-17(20)24)12-5-3-4-6-13(12)19/h3-8,14H,2,9-10H2,1H3,(H3,20,21,24). The molecular formula is C17H19BrClN3O2S. The first-order valence-corrected chi connectivity index (χ1v) is 9.71. The van der Waals surface area contributed by atoms with Gasteiger partial charge in [-0.25, -0.2) is 4.79 Å². The minimum atomic E-state index is -0.692. The Morgan fingerprint density at radius 1 is 1.32 bits per heavy atom. The largest absolute Gasteiger partial charge is 0.352 e. The summed E-state index contributed by atoms with van der Waals surface area (Å²) in [7, 11) is 0. The van der Waals surface area contributed by atoms with Gasteiger partial charge < -0.3 is 16.0 Å². The Labute approximate surface area is 164 Å². The minimum absolute atomic E-state index is 0.0781. The predicted octanol–water partition coefficient (Wildman–Crippen LogP) is 4.31. The van der Waals surface area contributed by atoms with Gasteiger partial charge in [-0.2, -0.15) is 0 Å². The van der Waals surface area contributed by atoms with Crippen LogP contribution in [0, 0.1) is 0 Å². The van der Waals surface area contributed by atoms with Gasteiger partial charge in [0.1, 0.15) is 0 Å². The summed E-state index contributed by atoms with van der Waals surface area (Å²) in [5.74, 6) is -0.0781. The summed E-state index contributed by atoms with van der Waals surface area (Å²) in [6.45, 7) is 3.02. The van der Waals surface area contributed by atoms with Crippen LogP contribution in [0.15, 0.2) is 40.2 Å². The van der Waals surface area contributed by atoms with Gasteiger partial charge in [-0.05, 0) is 46.6 Å². The molecule has 0 aliphatic carbocycles. The highest BCUT2D eigenvalue weighted by atomic mass is 79.9. The molecule has 0 saturated carbocycles. The molecule has 3 N–H and O–H groups in total. The Bertz CT molecular complexity index is 753. The van der Waals surface area contributed by atoms with Gasteiger partial charge in [-0.15, -0.1) is 11.3 Å². The molecule has 8 heteroatoms. The van der Waals surface area contributed by atoms with Crippen LogP contribution in [0.5, 0.6) is 0 Å². The number of carbonyl (C=O) groups excluding carboxylic acids is 2. The van der Waals surface area contributed by atoms with Crippen molar-refractivity contribution in [2.75, 3.05) is 6.54 Å². The number of benzene rings is 1. The maximum absolute atomic E-state index is 12.7. The highest BCUT2D eigenvalue weighted by molar-refractivity contribution is 9.11. The summed E-state index contributed by atoms with van der Waals surface area (Å²) < 4.78 is 1.02. The summed E-state index contributed by atoms with van der Waals surface area (Å²) in [6, 6.07) is 9.79. The fraction of sp³-hybridized carbons (Fsp3) is 0.294. The van der Waals surface area contributed by atoms with Gasteiger partial charge >= 0.3 is 6.03 Å². The van der Waals surface area contributed by atoms with Gasteiger partial charge in [0, 0.05) is 16.4 Å². The van der Waals surface area contributed by atoms with Crippen molar-refractivity contribution in [1.82, 2.24) is 10.2 Å². The van der Waals surface area contributed by atoms with E-state index in [2.05, 4.69) is 21.2 Å². The molecule has 3 amide bonds. The molecule has 2 rings (SSSR count). The molecule has 1 heterocycles. The molecule has 0 fully saturated rings. The van der Waals surface area contributed by atoms with E-state index in [0.717, 1.165) is 8.66 Å². The van der Waals surface area contributed by atoms with E-state index in [1.54, 1.807) is 34.4 Å². The number of nitrogens with zero attached hydrogens (tertiary/aromatic N) is 1. The Morgan fingerprint density at radius 2 is 2.04 bits per heavy atom. The van der Waals surface area contributed by atoms with Crippen molar-refractivity contribution in [1.29, 1.82) is 0 Å². The number of nitrogens with one attached hydrogen (secondary N) is 1. The van der Waals surface area contributed by atoms with Crippen LogP contribution in [0.3, 0.4) is 0 Å². The number of hydrogen-bond acceptors (Lipinski definition) is 3. The van der Waals surface area contributed by atoms with Crippen molar-refractivity contribution in [3.8, 4) is 0 Å². The first kappa shape index (κ1) is 19.8. The number of rotatable bonds is 7. The highest BCUT2D eigenvalue weighted by Crippen LogP contribution is 2.27. The third kappa shape index (κ3) is 5.73. The van der Waals surface area contributed by atoms with Crippen LogP contribution in [0.2, 0.25) is 5.02 Å². The normalized spacial score (nSPS) is 11.8. The number of carbonyl (C=O) groups is 2. The third-order valence-corrected chi connectivity index (χ3v) is 5.64. The van der Waals surface area contributed by atoms with Crippen molar-refractivity contribution in [3.05, 3.63) is 55.6 Å².